The van der Waals surface area contributed by atoms with Crippen molar-refractivity contribution in [3.63, 3.8) is 0 Å². The molecule has 0 aliphatic heterocycles. The van der Waals surface area contributed by atoms with Crippen LogP contribution in [0.1, 0.15) is 11.1 Å². The molecule has 3 heteroatoms. The molecule has 0 fully saturated rings. The molecular formula is C14H14O3. The molecule has 0 aliphatic rings. The molecular weight excluding hydrogens is 216 g/mol. The van der Waals surface area contributed by atoms with E-state index in [1.54, 1.807) is 18.2 Å². The van der Waals surface area contributed by atoms with E-state index < -0.39 is 0 Å². The average molecular weight is 230 g/mol. The standard InChI is InChI=1S/C14H14O3/c15-12-4-2-1-3-11(12)7-5-10-6-8-13(16)14(17)9-10/h1-4,6,8-9,15-17H,5,7H2. The lowest BCUT2D eigenvalue weighted by molar-refractivity contribution is 0.403. The van der Waals surface area contributed by atoms with Gasteiger partial charge in [0, 0.05) is 0 Å². The summed E-state index contributed by atoms with van der Waals surface area (Å²) in [6.45, 7) is 0. The molecule has 2 aromatic carbocycles. The smallest absolute Gasteiger partial charge is 0.157 e. The van der Waals surface area contributed by atoms with Crippen molar-refractivity contribution < 1.29 is 15.3 Å². The first-order valence-electron chi connectivity index (χ1n) is 5.44. The summed E-state index contributed by atoms with van der Waals surface area (Å²) in [6, 6.07) is 12.0. The Balaban J connectivity index is 2.08. The van der Waals surface area contributed by atoms with Gasteiger partial charge in [-0.15, -0.1) is 0 Å². The van der Waals surface area contributed by atoms with Crippen LogP contribution < -0.4 is 0 Å². The molecule has 0 spiro atoms. The molecule has 0 heterocycles. The zero-order valence-electron chi connectivity index (χ0n) is 9.30. The Kier molecular flexibility index (Phi) is 3.19. The number of para-hydroxylation sites is 1. The van der Waals surface area contributed by atoms with Crippen molar-refractivity contribution in [3.8, 4) is 17.2 Å². The van der Waals surface area contributed by atoms with E-state index in [2.05, 4.69) is 0 Å². The summed E-state index contributed by atoms with van der Waals surface area (Å²) >= 11 is 0. The van der Waals surface area contributed by atoms with Gasteiger partial charge in [-0.2, -0.15) is 0 Å². The van der Waals surface area contributed by atoms with Gasteiger partial charge in [-0.1, -0.05) is 24.3 Å². The molecule has 0 bridgehead atoms. The van der Waals surface area contributed by atoms with Gasteiger partial charge in [0.25, 0.3) is 0 Å². The fourth-order valence-electron chi connectivity index (χ4n) is 1.73. The normalized spacial score (nSPS) is 10.4. The molecule has 0 unspecified atom stereocenters. The van der Waals surface area contributed by atoms with Gasteiger partial charge in [0.2, 0.25) is 0 Å². The van der Waals surface area contributed by atoms with E-state index >= 15 is 0 Å². The number of rotatable bonds is 3. The van der Waals surface area contributed by atoms with Crippen molar-refractivity contribution in [2.24, 2.45) is 0 Å². The highest BCUT2D eigenvalue weighted by atomic mass is 16.3. The Bertz CT molecular complexity index is 521. The predicted octanol–water partition coefficient (Wildman–Crippen LogP) is 2.59. The third-order valence-electron chi connectivity index (χ3n) is 2.71. The first kappa shape index (κ1) is 11.3. The van der Waals surface area contributed by atoms with E-state index in [9.17, 15) is 15.3 Å². The van der Waals surface area contributed by atoms with Crippen molar-refractivity contribution in [3.05, 3.63) is 53.6 Å². The van der Waals surface area contributed by atoms with E-state index in [1.807, 2.05) is 12.1 Å². The van der Waals surface area contributed by atoms with Crippen LogP contribution in [0.25, 0.3) is 0 Å². The van der Waals surface area contributed by atoms with Gasteiger partial charge in [-0.25, -0.2) is 0 Å². The second-order valence-corrected chi connectivity index (χ2v) is 3.95. The molecule has 0 atom stereocenters. The Morgan fingerprint density at radius 1 is 0.706 bits per heavy atom. The number of aromatic hydroxyl groups is 3. The number of phenolic OH excluding ortho intramolecular Hbond substituents is 3. The zero-order valence-corrected chi connectivity index (χ0v) is 9.30. The highest BCUT2D eigenvalue weighted by Gasteiger charge is 2.03. The maximum Gasteiger partial charge on any atom is 0.157 e. The van der Waals surface area contributed by atoms with E-state index in [4.69, 9.17) is 0 Å². The highest BCUT2D eigenvalue weighted by Crippen LogP contribution is 2.26. The Morgan fingerprint density at radius 3 is 2.18 bits per heavy atom. The predicted molar refractivity (Wildman–Crippen MR) is 65.3 cm³/mol. The van der Waals surface area contributed by atoms with Gasteiger partial charge < -0.3 is 15.3 Å². The van der Waals surface area contributed by atoms with Gasteiger partial charge in [0.15, 0.2) is 11.5 Å². The van der Waals surface area contributed by atoms with E-state index in [0.717, 1.165) is 11.1 Å². The number of aryl methyl sites for hydroxylation is 2. The van der Waals surface area contributed by atoms with Crippen LogP contribution in [0.4, 0.5) is 0 Å². The van der Waals surface area contributed by atoms with Crippen LogP contribution in [0.2, 0.25) is 0 Å². The molecule has 2 rings (SSSR count). The monoisotopic (exact) mass is 230 g/mol. The minimum Gasteiger partial charge on any atom is -0.508 e. The van der Waals surface area contributed by atoms with Crippen molar-refractivity contribution in [2.45, 2.75) is 12.8 Å². The lowest BCUT2D eigenvalue weighted by atomic mass is 10.0. The van der Waals surface area contributed by atoms with Crippen LogP contribution >= 0.6 is 0 Å². The molecule has 17 heavy (non-hydrogen) atoms. The second-order valence-electron chi connectivity index (χ2n) is 3.95. The summed E-state index contributed by atoms with van der Waals surface area (Å²) in [6.07, 6.45) is 1.39. The number of benzene rings is 2. The first-order chi connectivity index (χ1) is 8.16. The second kappa shape index (κ2) is 4.78. The van der Waals surface area contributed by atoms with Crippen LogP contribution in [-0.2, 0) is 12.8 Å². The fourth-order valence-corrected chi connectivity index (χ4v) is 1.73. The molecule has 0 aliphatic carbocycles. The maximum atomic E-state index is 9.60. The van der Waals surface area contributed by atoms with Gasteiger partial charge in [-0.05, 0) is 42.2 Å². The van der Waals surface area contributed by atoms with Crippen molar-refractivity contribution in [2.75, 3.05) is 0 Å². The van der Waals surface area contributed by atoms with Gasteiger partial charge in [0.1, 0.15) is 5.75 Å². The van der Waals surface area contributed by atoms with Crippen LogP contribution in [0.3, 0.4) is 0 Å². The summed E-state index contributed by atoms with van der Waals surface area (Å²) in [7, 11) is 0. The highest BCUT2D eigenvalue weighted by molar-refractivity contribution is 5.41. The summed E-state index contributed by atoms with van der Waals surface area (Å²) < 4.78 is 0. The molecule has 0 aromatic heterocycles. The Hall–Kier alpha value is -2.16. The number of hydrogen-bond acceptors (Lipinski definition) is 3. The average Bonchev–Trinajstić information content (AvgIpc) is 2.32. The lowest BCUT2D eigenvalue weighted by Crippen LogP contribution is -1.91. The van der Waals surface area contributed by atoms with Crippen LogP contribution in [0.15, 0.2) is 42.5 Å². The van der Waals surface area contributed by atoms with Gasteiger partial charge in [0.05, 0.1) is 0 Å². The van der Waals surface area contributed by atoms with Crippen LogP contribution in [0.5, 0.6) is 17.2 Å². The summed E-state index contributed by atoms with van der Waals surface area (Å²) in [5, 5.41) is 28.1. The molecule has 3 N–H and O–H groups in total. The molecule has 3 nitrogen and oxygen atoms in total. The quantitative estimate of drug-likeness (QED) is 0.710. The number of hydrogen-bond donors (Lipinski definition) is 3. The number of phenols is 3. The van der Waals surface area contributed by atoms with E-state index in [0.29, 0.717) is 12.8 Å². The molecule has 2 aromatic rings. The fraction of sp³-hybridized carbons (Fsp3) is 0.143. The molecule has 0 amide bonds. The molecule has 88 valence electrons. The Morgan fingerprint density at radius 2 is 1.47 bits per heavy atom. The molecule has 0 radical (unpaired) electrons. The summed E-state index contributed by atoms with van der Waals surface area (Å²) in [5.41, 5.74) is 1.80. The summed E-state index contributed by atoms with van der Waals surface area (Å²) in [4.78, 5) is 0. The third-order valence-corrected chi connectivity index (χ3v) is 2.71. The van der Waals surface area contributed by atoms with Crippen molar-refractivity contribution in [1.82, 2.24) is 0 Å². The van der Waals surface area contributed by atoms with E-state index in [-0.39, 0.29) is 17.2 Å². The van der Waals surface area contributed by atoms with Crippen molar-refractivity contribution in [1.29, 1.82) is 0 Å². The molecule has 0 saturated carbocycles. The molecule has 0 saturated heterocycles. The SMILES string of the molecule is Oc1ccc(CCc2ccccc2O)cc1O. The topological polar surface area (TPSA) is 60.7 Å². The zero-order chi connectivity index (χ0) is 12.3. The van der Waals surface area contributed by atoms with Crippen molar-refractivity contribution >= 4 is 0 Å². The van der Waals surface area contributed by atoms with Crippen LogP contribution in [-0.4, -0.2) is 15.3 Å². The summed E-state index contributed by atoms with van der Waals surface area (Å²) in [5.74, 6) is 0.0617. The van der Waals surface area contributed by atoms with Crippen LogP contribution in [0, 0.1) is 0 Å². The first-order valence-corrected chi connectivity index (χ1v) is 5.44. The third kappa shape index (κ3) is 2.69. The lowest BCUT2D eigenvalue weighted by Gasteiger charge is -2.05. The largest absolute Gasteiger partial charge is 0.508 e. The van der Waals surface area contributed by atoms with Gasteiger partial charge >= 0.3 is 0 Å². The minimum atomic E-state index is -0.115. The van der Waals surface area contributed by atoms with Gasteiger partial charge in [-0.3, -0.25) is 0 Å². The Labute approximate surface area is 99.6 Å². The van der Waals surface area contributed by atoms with E-state index in [1.165, 1.54) is 12.1 Å². The maximum absolute atomic E-state index is 9.60. The minimum absolute atomic E-state index is 0.111.